The Kier molecular flexibility index (Phi) is 4.39. The third-order valence-corrected chi connectivity index (χ3v) is 4.85. The molecule has 0 heterocycles. The molecule has 0 amide bonds. The Morgan fingerprint density at radius 3 is 2.56 bits per heavy atom. The zero-order valence-electron chi connectivity index (χ0n) is 12.0. The number of rotatable bonds is 6. The van der Waals surface area contributed by atoms with E-state index < -0.39 is 0 Å². The highest BCUT2D eigenvalue weighted by Crippen LogP contribution is 2.53. The second-order valence-corrected chi connectivity index (χ2v) is 6.98. The lowest BCUT2D eigenvalue weighted by Crippen LogP contribution is -2.24. The van der Waals surface area contributed by atoms with Crippen LogP contribution in [0.15, 0.2) is 29.2 Å². The zero-order chi connectivity index (χ0) is 13.2. The quantitative estimate of drug-likeness (QED) is 0.780. The van der Waals surface area contributed by atoms with Crippen LogP contribution in [0, 0.1) is 11.8 Å². The molecule has 2 rings (SSSR count). The number of hydrogen-bond acceptors (Lipinski definition) is 2. The lowest BCUT2D eigenvalue weighted by atomic mass is 9.95. The molecule has 100 valence electrons. The van der Waals surface area contributed by atoms with Crippen molar-refractivity contribution in [1.29, 1.82) is 0 Å². The summed E-state index contributed by atoms with van der Waals surface area (Å²) >= 11 is 1.81. The fraction of sp³-hybridized carbons (Fsp3) is 0.625. The molecule has 2 heteroatoms. The topological polar surface area (TPSA) is 12.0 Å². The second-order valence-electron chi connectivity index (χ2n) is 6.10. The molecule has 1 nitrogen and oxygen atoms in total. The molecule has 1 aromatic rings. The summed E-state index contributed by atoms with van der Waals surface area (Å²) in [6.07, 6.45) is 3.46. The molecule has 0 spiro atoms. The van der Waals surface area contributed by atoms with E-state index in [-0.39, 0.29) is 0 Å². The fourth-order valence-electron chi connectivity index (χ4n) is 2.62. The van der Waals surface area contributed by atoms with Crippen molar-refractivity contribution in [2.24, 2.45) is 11.8 Å². The van der Waals surface area contributed by atoms with Gasteiger partial charge in [-0.25, -0.2) is 0 Å². The van der Waals surface area contributed by atoms with Crippen LogP contribution < -0.4 is 5.32 Å². The molecule has 0 radical (unpaired) electrons. The average molecular weight is 263 g/mol. The second kappa shape index (κ2) is 5.66. The van der Waals surface area contributed by atoms with Gasteiger partial charge in [-0.05, 0) is 60.7 Å². The summed E-state index contributed by atoms with van der Waals surface area (Å²) in [4.78, 5) is 1.36. The van der Waals surface area contributed by atoms with Crippen LogP contribution >= 0.6 is 11.8 Å². The summed E-state index contributed by atoms with van der Waals surface area (Å²) in [5.74, 6) is 1.56. The van der Waals surface area contributed by atoms with Gasteiger partial charge in [0.25, 0.3) is 0 Å². The van der Waals surface area contributed by atoms with Crippen molar-refractivity contribution in [3.05, 3.63) is 29.8 Å². The Hall–Kier alpha value is -0.470. The van der Waals surface area contributed by atoms with Crippen molar-refractivity contribution in [2.45, 2.75) is 37.5 Å². The molecule has 1 aliphatic rings. The van der Waals surface area contributed by atoms with Crippen molar-refractivity contribution in [3.63, 3.8) is 0 Å². The molecular weight excluding hydrogens is 238 g/mol. The predicted molar refractivity (Wildman–Crippen MR) is 81.4 cm³/mol. The van der Waals surface area contributed by atoms with Crippen molar-refractivity contribution < 1.29 is 0 Å². The van der Waals surface area contributed by atoms with E-state index in [4.69, 9.17) is 0 Å². The SMILES string of the molecule is CSc1ccc(C2(C)CC2CNCC(C)C)cc1. The number of hydrogen-bond donors (Lipinski definition) is 1. The van der Waals surface area contributed by atoms with Crippen molar-refractivity contribution in [1.82, 2.24) is 5.32 Å². The monoisotopic (exact) mass is 263 g/mol. The minimum absolute atomic E-state index is 0.418. The van der Waals surface area contributed by atoms with Crippen LogP contribution in [-0.2, 0) is 5.41 Å². The molecular formula is C16H25NS. The smallest absolute Gasteiger partial charge is 0.00693 e. The van der Waals surface area contributed by atoms with E-state index >= 15 is 0 Å². The third kappa shape index (κ3) is 3.10. The van der Waals surface area contributed by atoms with Gasteiger partial charge in [-0.15, -0.1) is 11.8 Å². The Morgan fingerprint density at radius 2 is 2.00 bits per heavy atom. The minimum atomic E-state index is 0.418. The maximum absolute atomic E-state index is 3.59. The van der Waals surface area contributed by atoms with E-state index in [0.717, 1.165) is 18.4 Å². The Balaban J connectivity index is 1.89. The molecule has 2 unspecified atom stereocenters. The first-order valence-electron chi connectivity index (χ1n) is 6.91. The Labute approximate surface area is 116 Å². The predicted octanol–water partition coefficient (Wildman–Crippen LogP) is 3.93. The zero-order valence-corrected chi connectivity index (χ0v) is 12.8. The highest BCUT2D eigenvalue weighted by Gasteiger charge is 2.50. The molecule has 0 bridgehead atoms. The lowest BCUT2D eigenvalue weighted by Gasteiger charge is -2.13. The lowest BCUT2D eigenvalue weighted by molar-refractivity contribution is 0.515. The van der Waals surface area contributed by atoms with E-state index in [9.17, 15) is 0 Å². The Morgan fingerprint density at radius 1 is 1.33 bits per heavy atom. The van der Waals surface area contributed by atoms with Crippen molar-refractivity contribution in [2.75, 3.05) is 19.3 Å². The molecule has 1 aromatic carbocycles. The van der Waals surface area contributed by atoms with Crippen molar-refractivity contribution in [3.8, 4) is 0 Å². The van der Waals surface area contributed by atoms with E-state index in [1.54, 1.807) is 0 Å². The van der Waals surface area contributed by atoms with Gasteiger partial charge in [0.15, 0.2) is 0 Å². The van der Waals surface area contributed by atoms with Gasteiger partial charge in [0.05, 0.1) is 0 Å². The van der Waals surface area contributed by atoms with Gasteiger partial charge in [0.2, 0.25) is 0 Å². The van der Waals surface area contributed by atoms with Gasteiger partial charge in [0, 0.05) is 4.90 Å². The van der Waals surface area contributed by atoms with Gasteiger partial charge in [-0.1, -0.05) is 32.9 Å². The van der Waals surface area contributed by atoms with Gasteiger partial charge >= 0.3 is 0 Å². The Bertz CT molecular complexity index is 385. The normalized spacial score (nSPS) is 26.6. The summed E-state index contributed by atoms with van der Waals surface area (Å²) in [5.41, 5.74) is 1.93. The van der Waals surface area contributed by atoms with Crippen LogP contribution in [0.1, 0.15) is 32.8 Å². The van der Waals surface area contributed by atoms with E-state index in [1.165, 1.54) is 23.4 Å². The van der Waals surface area contributed by atoms with Gasteiger partial charge in [-0.2, -0.15) is 0 Å². The van der Waals surface area contributed by atoms with Gasteiger partial charge in [-0.3, -0.25) is 0 Å². The van der Waals surface area contributed by atoms with E-state index in [0.29, 0.717) is 5.41 Å². The first kappa shape index (κ1) is 14.0. The molecule has 2 atom stereocenters. The van der Waals surface area contributed by atoms with Crippen LogP contribution in [0.2, 0.25) is 0 Å². The average Bonchev–Trinajstić information content (AvgIpc) is 3.01. The first-order valence-corrected chi connectivity index (χ1v) is 8.14. The molecule has 0 saturated heterocycles. The highest BCUT2D eigenvalue weighted by atomic mass is 32.2. The van der Waals surface area contributed by atoms with Gasteiger partial charge < -0.3 is 5.32 Å². The molecule has 1 saturated carbocycles. The summed E-state index contributed by atoms with van der Waals surface area (Å²) in [6, 6.07) is 9.13. The van der Waals surface area contributed by atoms with Crippen molar-refractivity contribution >= 4 is 11.8 Å². The summed E-state index contributed by atoms with van der Waals surface area (Å²) in [6.45, 7) is 9.24. The minimum Gasteiger partial charge on any atom is -0.316 e. The van der Waals surface area contributed by atoms with Crippen LogP contribution in [-0.4, -0.2) is 19.3 Å². The van der Waals surface area contributed by atoms with Gasteiger partial charge in [0.1, 0.15) is 0 Å². The first-order chi connectivity index (χ1) is 8.56. The largest absolute Gasteiger partial charge is 0.316 e. The molecule has 0 aromatic heterocycles. The standard InChI is InChI=1S/C16H25NS/c1-12(2)10-17-11-14-9-16(14,3)13-5-7-15(18-4)8-6-13/h5-8,12,14,17H,9-11H2,1-4H3. The van der Waals surface area contributed by atoms with E-state index in [1.807, 2.05) is 11.8 Å². The van der Waals surface area contributed by atoms with E-state index in [2.05, 4.69) is 56.6 Å². The molecule has 1 N–H and O–H groups in total. The number of benzene rings is 1. The summed E-state index contributed by atoms with van der Waals surface area (Å²) in [5, 5.41) is 3.59. The van der Waals surface area contributed by atoms with Crippen LogP contribution in [0.3, 0.4) is 0 Å². The maximum Gasteiger partial charge on any atom is 0.00693 e. The molecule has 0 aliphatic heterocycles. The number of nitrogens with one attached hydrogen (secondary N) is 1. The van der Waals surface area contributed by atoms with Crippen LogP contribution in [0.5, 0.6) is 0 Å². The summed E-state index contributed by atoms with van der Waals surface area (Å²) < 4.78 is 0. The number of thioether (sulfide) groups is 1. The fourth-order valence-corrected chi connectivity index (χ4v) is 3.03. The highest BCUT2D eigenvalue weighted by molar-refractivity contribution is 7.98. The van der Waals surface area contributed by atoms with Crippen LogP contribution in [0.4, 0.5) is 0 Å². The molecule has 1 aliphatic carbocycles. The molecule has 1 fully saturated rings. The van der Waals surface area contributed by atoms with Crippen LogP contribution in [0.25, 0.3) is 0 Å². The third-order valence-electron chi connectivity index (χ3n) is 4.10. The summed E-state index contributed by atoms with van der Waals surface area (Å²) in [7, 11) is 0. The maximum atomic E-state index is 3.59. The molecule has 18 heavy (non-hydrogen) atoms.